The molecule has 2 atom stereocenters. The second-order valence-electron chi connectivity index (χ2n) is 7.97. The van der Waals surface area contributed by atoms with Crippen LogP contribution < -0.4 is 0 Å². The molecule has 1 saturated carbocycles. The van der Waals surface area contributed by atoms with E-state index in [1.54, 1.807) is 31.3 Å². The van der Waals surface area contributed by atoms with Crippen LogP contribution in [0.15, 0.2) is 54.4 Å². The fourth-order valence-corrected chi connectivity index (χ4v) is 5.02. The molecule has 7 heteroatoms. The van der Waals surface area contributed by atoms with Crippen molar-refractivity contribution in [1.29, 1.82) is 0 Å². The van der Waals surface area contributed by atoms with Crippen LogP contribution in [0.4, 0.5) is 4.39 Å². The molecule has 30 heavy (non-hydrogen) atoms. The van der Waals surface area contributed by atoms with Gasteiger partial charge in [0.1, 0.15) is 5.82 Å². The Bertz CT molecular complexity index is 940. The maximum Gasteiger partial charge on any atom is 0.186 e. The fourth-order valence-electron chi connectivity index (χ4n) is 4.07. The Hall–Kier alpha value is -2.25. The van der Waals surface area contributed by atoms with Crippen molar-refractivity contribution < 1.29 is 14.0 Å². The minimum Gasteiger partial charge on any atom is -0.297 e. The van der Waals surface area contributed by atoms with Gasteiger partial charge < -0.3 is 0 Å². The van der Waals surface area contributed by atoms with Crippen molar-refractivity contribution >= 4 is 22.7 Å². The Labute approximate surface area is 180 Å². The minimum atomic E-state index is -0.574. The van der Waals surface area contributed by atoms with E-state index in [-0.39, 0.29) is 27.9 Å². The van der Waals surface area contributed by atoms with E-state index < -0.39 is 6.04 Å². The number of nitrogens with zero attached hydrogens (tertiary/aromatic N) is 3. The molecule has 1 saturated heterocycles. The van der Waals surface area contributed by atoms with Crippen LogP contribution in [0.5, 0.6) is 0 Å². The summed E-state index contributed by atoms with van der Waals surface area (Å²) in [7, 11) is 0. The summed E-state index contributed by atoms with van der Waals surface area (Å²) < 4.78 is 16.5. The van der Waals surface area contributed by atoms with Gasteiger partial charge in [-0.15, -0.1) is 0 Å². The number of hydrogen-bond donors (Lipinski definition) is 0. The zero-order valence-corrected chi connectivity index (χ0v) is 17.9. The van der Waals surface area contributed by atoms with Gasteiger partial charge in [-0.1, -0.05) is 36.0 Å². The molecule has 4 rings (SSSR count). The Morgan fingerprint density at radius 3 is 2.73 bits per heavy atom. The summed E-state index contributed by atoms with van der Waals surface area (Å²) in [5.41, 5.74) is 1.56. The van der Waals surface area contributed by atoms with Gasteiger partial charge in [-0.05, 0) is 37.0 Å². The molecular formula is C23H26FN3O2S. The van der Waals surface area contributed by atoms with Crippen LogP contribution >= 0.6 is 11.8 Å². The summed E-state index contributed by atoms with van der Waals surface area (Å²) in [5.74, 6) is -0.182. The van der Waals surface area contributed by atoms with Crippen molar-refractivity contribution in [2.24, 2.45) is 5.92 Å². The SMILES string of the molecule is CC(=O)SC1CCN(C(C(=O)C2CC2)c2ccccc2F)CC1=CCn1cccn1. The number of likely N-dealkylation sites (tertiary alicyclic amines) is 1. The van der Waals surface area contributed by atoms with Crippen LogP contribution in [-0.4, -0.2) is 43.9 Å². The molecule has 1 aromatic heterocycles. The number of rotatable bonds is 7. The number of thioether (sulfide) groups is 1. The Morgan fingerprint density at radius 2 is 2.07 bits per heavy atom. The van der Waals surface area contributed by atoms with Crippen LogP contribution in [0.25, 0.3) is 0 Å². The summed E-state index contributed by atoms with van der Waals surface area (Å²) in [6, 6.07) is 7.89. The number of allylic oxidation sites excluding steroid dienone is 1. The molecule has 2 aromatic rings. The monoisotopic (exact) mass is 427 g/mol. The molecular weight excluding hydrogens is 401 g/mol. The number of aromatic nitrogens is 2. The maximum atomic E-state index is 14.7. The van der Waals surface area contributed by atoms with Gasteiger partial charge in [0.25, 0.3) is 0 Å². The molecule has 1 aliphatic carbocycles. The van der Waals surface area contributed by atoms with Crippen molar-refractivity contribution in [2.45, 2.75) is 44.0 Å². The largest absolute Gasteiger partial charge is 0.297 e. The molecule has 0 radical (unpaired) electrons. The minimum absolute atomic E-state index is 0.0374. The van der Waals surface area contributed by atoms with Crippen LogP contribution in [0, 0.1) is 11.7 Å². The van der Waals surface area contributed by atoms with Gasteiger partial charge in [0, 0.05) is 49.1 Å². The molecule has 1 aromatic carbocycles. The third kappa shape index (κ3) is 4.90. The quantitative estimate of drug-likeness (QED) is 0.625. The molecule has 2 aliphatic rings. The lowest BCUT2D eigenvalue weighted by Gasteiger charge is -2.38. The van der Waals surface area contributed by atoms with Crippen molar-refractivity contribution in [1.82, 2.24) is 14.7 Å². The third-order valence-corrected chi connectivity index (χ3v) is 6.85. The summed E-state index contributed by atoms with van der Waals surface area (Å²) in [6.45, 7) is 3.39. The number of Topliss-reactive ketones (excluding diaryl/α,β-unsaturated/α-hetero) is 1. The topological polar surface area (TPSA) is 55.2 Å². The molecule has 0 spiro atoms. The van der Waals surface area contributed by atoms with E-state index in [9.17, 15) is 14.0 Å². The molecule has 5 nitrogen and oxygen atoms in total. The third-order valence-electron chi connectivity index (χ3n) is 5.70. The summed E-state index contributed by atoms with van der Waals surface area (Å²) >= 11 is 1.34. The van der Waals surface area contributed by atoms with Crippen molar-refractivity contribution in [3.05, 3.63) is 65.8 Å². The lowest BCUT2D eigenvalue weighted by molar-refractivity contribution is -0.126. The zero-order chi connectivity index (χ0) is 21.1. The highest BCUT2D eigenvalue weighted by atomic mass is 32.2. The number of carbonyl (C=O) groups excluding carboxylic acids is 2. The first-order valence-corrected chi connectivity index (χ1v) is 11.3. The summed E-state index contributed by atoms with van der Waals surface area (Å²) in [4.78, 5) is 27.0. The molecule has 1 aliphatic heterocycles. The first-order valence-electron chi connectivity index (χ1n) is 10.4. The van der Waals surface area contributed by atoms with Crippen molar-refractivity contribution in [2.75, 3.05) is 13.1 Å². The highest BCUT2D eigenvalue weighted by molar-refractivity contribution is 8.14. The number of halogens is 1. The van der Waals surface area contributed by atoms with E-state index in [2.05, 4.69) is 16.1 Å². The van der Waals surface area contributed by atoms with Gasteiger partial charge in [0.15, 0.2) is 10.9 Å². The average Bonchev–Trinajstić information content (AvgIpc) is 3.45. The predicted octanol–water partition coefficient (Wildman–Crippen LogP) is 4.02. The number of piperidine rings is 1. The lowest BCUT2D eigenvalue weighted by atomic mass is 9.93. The molecule has 2 unspecified atom stereocenters. The highest BCUT2D eigenvalue weighted by Crippen LogP contribution is 2.40. The lowest BCUT2D eigenvalue weighted by Crippen LogP contribution is -2.43. The molecule has 2 fully saturated rings. The Morgan fingerprint density at radius 1 is 1.27 bits per heavy atom. The Balaban J connectivity index is 1.61. The number of ketones is 1. The smallest absolute Gasteiger partial charge is 0.186 e. The first kappa shape index (κ1) is 21.0. The molecule has 0 bridgehead atoms. The second kappa shape index (κ2) is 9.27. The molecule has 2 heterocycles. The number of benzene rings is 1. The second-order valence-corrected chi connectivity index (χ2v) is 9.34. The maximum absolute atomic E-state index is 14.7. The number of hydrogen-bond acceptors (Lipinski definition) is 5. The van der Waals surface area contributed by atoms with Gasteiger partial charge in [0.2, 0.25) is 0 Å². The summed E-state index contributed by atoms with van der Waals surface area (Å²) in [6.07, 6.45) is 8.25. The van der Waals surface area contributed by atoms with E-state index in [1.165, 1.54) is 17.8 Å². The number of carbonyl (C=O) groups is 2. The van der Waals surface area contributed by atoms with Gasteiger partial charge in [0.05, 0.1) is 12.6 Å². The standard InChI is InChI=1S/C23H26FN3O2S/c1-16(28)30-21-10-13-26(15-18(21)9-14-27-12-4-11-25-27)22(23(29)17-7-8-17)19-5-2-3-6-20(19)24/h2-6,9,11-12,17,21-22H,7-8,10,13-15H2,1H3. The Kier molecular flexibility index (Phi) is 6.49. The van der Waals surface area contributed by atoms with E-state index in [0.717, 1.165) is 24.8 Å². The van der Waals surface area contributed by atoms with Gasteiger partial charge >= 0.3 is 0 Å². The van der Waals surface area contributed by atoms with Crippen molar-refractivity contribution in [3.63, 3.8) is 0 Å². The van der Waals surface area contributed by atoms with Crippen LogP contribution in [-0.2, 0) is 16.1 Å². The fraction of sp³-hybridized carbons (Fsp3) is 0.435. The first-order chi connectivity index (χ1) is 14.5. The van der Waals surface area contributed by atoms with E-state index in [4.69, 9.17) is 0 Å². The van der Waals surface area contributed by atoms with Crippen LogP contribution in [0.3, 0.4) is 0 Å². The predicted molar refractivity (Wildman–Crippen MR) is 115 cm³/mol. The highest BCUT2D eigenvalue weighted by Gasteiger charge is 2.41. The van der Waals surface area contributed by atoms with E-state index in [0.29, 0.717) is 25.2 Å². The molecule has 158 valence electrons. The zero-order valence-electron chi connectivity index (χ0n) is 17.0. The van der Waals surface area contributed by atoms with Gasteiger partial charge in [-0.25, -0.2) is 4.39 Å². The van der Waals surface area contributed by atoms with Crippen molar-refractivity contribution in [3.8, 4) is 0 Å². The van der Waals surface area contributed by atoms with Gasteiger partial charge in [-0.3, -0.25) is 19.2 Å². The van der Waals surface area contributed by atoms with E-state index in [1.807, 2.05) is 16.9 Å². The molecule has 0 N–H and O–H groups in total. The van der Waals surface area contributed by atoms with Crippen LogP contribution in [0.1, 0.15) is 37.8 Å². The average molecular weight is 428 g/mol. The molecule has 0 amide bonds. The van der Waals surface area contributed by atoms with Crippen LogP contribution in [0.2, 0.25) is 0 Å². The summed E-state index contributed by atoms with van der Waals surface area (Å²) in [5, 5.41) is 4.40. The van der Waals surface area contributed by atoms with Gasteiger partial charge in [-0.2, -0.15) is 5.10 Å². The van der Waals surface area contributed by atoms with E-state index >= 15 is 0 Å². The normalized spacial score (nSPS) is 22.2.